The van der Waals surface area contributed by atoms with Gasteiger partial charge in [-0.2, -0.15) is 11.8 Å². The molecule has 18 heavy (non-hydrogen) atoms. The van der Waals surface area contributed by atoms with Crippen LogP contribution in [0.2, 0.25) is 0 Å². The molecule has 0 aromatic carbocycles. The first-order chi connectivity index (χ1) is 8.44. The molecule has 1 atom stereocenters. The maximum absolute atomic E-state index is 10.8. The van der Waals surface area contributed by atoms with Gasteiger partial charge in [0.15, 0.2) is 0 Å². The van der Waals surface area contributed by atoms with E-state index in [1.807, 2.05) is 24.2 Å². The van der Waals surface area contributed by atoms with E-state index >= 15 is 0 Å². The van der Waals surface area contributed by atoms with Crippen LogP contribution in [0.15, 0.2) is 12.4 Å². The van der Waals surface area contributed by atoms with Crippen molar-refractivity contribution >= 4 is 11.8 Å². The largest absolute Gasteiger partial charge is 0.389 e. The van der Waals surface area contributed by atoms with Crippen molar-refractivity contribution in [2.45, 2.75) is 52.2 Å². The fourth-order valence-corrected chi connectivity index (χ4v) is 4.21. The lowest BCUT2D eigenvalue weighted by molar-refractivity contribution is 0.0176. The van der Waals surface area contributed by atoms with Crippen molar-refractivity contribution < 1.29 is 5.11 Å². The van der Waals surface area contributed by atoms with Gasteiger partial charge in [0.2, 0.25) is 0 Å². The lowest BCUT2D eigenvalue weighted by atomic mass is 9.80. The minimum Gasteiger partial charge on any atom is -0.389 e. The second kappa shape index (κ2) is 5.25. The molecule has 1 aromatic rings. The smallest absolute Gasteiger partial charge is 0.111 e. The molecule has 1 aliphatic rings. The molecule has 0 spiro atoms. The first kappa shape index (κ1) is 13.9. The van der Waals surface area contributed by atoms with Gasteiger partial charge in [0.05, 0.1) is 5.60 Å². The molecular weight excluding hydrogens is 244 g/mol. The Kier molecular flexibility index (Phi) is 4.07. The van der Waals surface area contributed by atoms with Crippen LogP contribution in [0.3, 0.4) is 0 Å². The molecule has 1 aromatic heterocycles. The molecule has 3 nitrogen and oxygen atoms in total. The van der Waals surface area contributed by atoms with Gasteiger partial charge < -0.3 is 9.67 Å². The molecule has 0 bridgehead atoms. The predicted molar refractivity (Wildman–Crippen MR) is 76.9 cm³/mol. The maximum Gasteiger partial charge on any atom is 0.111 e. The van der Waals surface area contributed by atoms with E-state index in [-0.39, 0.29) is 5.41 Å². The van der Waals surface area contributed by atoms with E-state index in [9.17, 15) is 5.11 Å². The van der Waals surface area contributed by atoms with Crippen molar-refractivity contribution in [3.8, 4) is 0 Å². The van der Waals surface area contributed by atoms with Crippen molar-refractivity contribution in [1.29, 1.82) is 0 Å². The summed E-state index contributed by atoms with van der Waals surface area (Å²) in [6.07, 6.45) is 6.50. The van der Waals surface area contributed by atoms with Crippen molar-refractivity contribution in [1.82, 2.24) is 9.55 Å². The molecule has 0 aliphatic carbocycles. The van der Waals surface area contributed by atoms with Crippen LogP contribution in [-0.4, -0.2) is 31.8 Å². The molecule has 1 saturated heterocycles. The van der Waals surface area contributed by atoms with Crippen LogP contribution in [0.5, 0.6) is 0 Å². The number of nitrogens with zero attached hydrogens (tertiary/aromatic N) is 2. The molecule has 2 heterocycles. The zero-order valence-electron chi connectivity index (χ0n) is 11.6. The monoisotopic (exact) mass is 268 g/mol. The number of thioether (sulfide) groups is 1. The van der Waals surface area contributed by atoms with E-state index in [4.69, 9.17) is 0 Å². The summed E-state index contributed by atoms with van der Waals surface area (Å²) in [4.78, 5) is 4.42. The van der Waals surface area contributed by atoms with Gasteiger partial charge in [-0.25, -0.2) is 4.98 Å². The van der Waals surface area contributed by atoms with Gasteiger partial charge in [-0.1, -0.05) is 20.8 Å². The van der Waals surface area contributed by atoms with E-state index in [1.165, 1.54) is 0 Å². The first-order valence-electron chi connectivity index (χ1n) is 6.74. The Morgan fingerprint density at radius 3 is 2.89 bits per heavy atom. The SMILES string of the molecule is CCCn1ccnc1CC1(O)CSCC(C)(C)C1. The fraction of sp³-hybridized carbons (Fsp3) is 0.786. The Bertz CT molecular complexity index is 402. The summed E-state index contributed by atoms with van der Waals surface area (Å²) in [5.41, 5.74) is -0.372. The molecule has 2 rings (SSSR count). The number of hydrogen-bond donors (Lipinski definition) is 1. The number of aryl methyl sites for hydroxylation is 1. The van der Waals surface area contributed by atoms with Gasteiger partial charge in [0.25, 0.3) is 0 Å². The van der Waals surface area contributed by atoms with Gasteiger partial charge in [0, 0.05) is 31.1 Å². The van der Waals surface area contributed by atoms with Crippen LogP contribution in [0.25, 0.3) is 0 Å². The number of imidazole rings is 1. The van der Waals surface area contributed by atoms with Crippen LogP contribution in [0.1, 0.15) is 39.4 Å². The summed E-state index contributed by atoms with van der Waals surface area (Å²) >= 11 is 1.86. The zero-order chi connectivity index (χ0) is 13.2. The average molecular weight is 268 g/mol. The van der Waals surface area contributed by atoms with E-state index in [2.05, 4.69) is 30.3 Å². The summed E-state index contributed by atoms with van der Waals surface area (Å²) in [6.45, 7) is 7.63. The third-order valence-electron chi connectivity index (χ3n) is 3.42. The van der Waals surface area contributed by atoms with Gasteiger partial charge in [0.1, 0.15) is 5.82 Å². The van der Waals surface area contributed by atoms with E-state index in [0.717, 1.165) is 36.7 Å². The Morgan fingerprint density at radius 1 is 1.44 bits per heavy atom. The average Bonchev–Trinajstić information content (AvgIpc) is 2.63. The van der Waals surface area contributed by atoms with Crippen LogP contribution in [0.4, 0.5) is 0 Å². The van der Waals surface area contributed by atoms with Crippen molar-refractivity contribution in [2.75, 3.05) is 11.5 Å². The number of aliphatic hydroxyl groups is 1. The van der Waals surface area contributed by atoms with E-state index < -0.39 is 5.60 Å². The highest BCUT2D eigenvalue weighted by Crippen LogP contribution is 2.40. The summed E-state index contributed by atoms with van der Waals surface area (Å²) in [7, 11) is 0. The van der Waals surface area contributed by atoms with E-state index in [1.54, 1.807) is 0 Å². The van der Waals surface area contributed by atoms with Crippen molar-refractivity contribution in [3.05, 3.63) is 18.2 Å². The lowest BCUT2D eigenvalue weighted by Gasteiger charge is -2.41. The van der Waals surface area contributed by atoms with Gasteiger partial charge >= 0.3 is 0 Å². The molecule has 1 N–H and O–H groups in total. The molecule has 0 saturated carbocycles. The van der Waals surface area contributed by atoms with Gasteiger partial charge in [-0.3, -0.25) is 0 Å². The highest BCUT2D eigenvalue weighted by atomic mass is 32.2. The highest BCUT2D eigenvalue weighted by Gasteiger charge is 2.39. The van der Waals surface area contributed by atoms with Gasteiger partial charge in [-0.05, 0) is 24.0 Å². The van der Waals surface area contributed by atoms with Crippen molar-refractivity contribution in [3.63, 3.8) is 0 Å². The molecule has 4 heteroatoms. The topological polar surface area (TPSA) is 38.0 Å². The lowest BCUT2D eigenvalue weighted by Crippen LogP contribution is -2.44. The molecule has 1 fully saturated rings. The minimum absolute atomic E-state index is 0.222. The third kappa shape index (κ3) is 3.29. The Labute approximate surface area is 114 Å². The number of aromatic nitrogens is 2. The van der Waals surface area contributed by atoms with Crippen molar-refractivity contribution in [2.24, 2.45) is 5.41 Å². The van der Waals surface area contributed by atoms with Crippen LogP contribution < -0.4 is 0 Å². The molecule has 0 radical (unpaired) electrons. The van der Waals surface area contributed by atoms with Crippen LogP contribution in [0, 0.1) is 5.41 Å². The number of hydrogen-bond acceptors (Lipinski definition) is 3. The summed E-state index contributed by atoms with van der Waals surface area (Å²) in [5, 5.41) is 10.8. The summed E-state index contributed by atoms with van der Waals surface area (Å²) < 4.78 is 2.17. The fourth-order valence-electron chi connectivity index (χ4n) is 2.87. The Hall–Kier alpha value is -0.480. The normalized spacial score (nSPS) is 27.3. The highest BCUT2D eigenvalue weighted by molar-refractivity contribution is 7.99. The maximum atomic E-state index is 10.8. The van der Waals surface area contributed by atoms with Gasteiger partial charge in [-0.15, -0.1) is 0 Å². The first-order valence-corrected chi connectivity index (χ1v) is 7.90. The summed E-state index contributed by atoms with van der Waals surface area (Å²) in [6, 6.07) is 0. The second-order valence-corrected chi connectivity index (χ2v) is 7.26. The molecule has 1 unspecified atom stereocenters. The number of rotatable bonds is 4. The predicted octanol–water partition coefficient (Wildman–Crippen LogP) is 2.73. The zero-order valence-corrected chi connectivity index (χ0v) is 12.5. The van der Waals surface area contributed by atoms with Crippen LogP contribution in [-0.2, 0) is 13.0 Å². The van der Waals surface area contributed by atoms with Crippen LogP contribution >= 0.6 is 11.8 Å². The minimum atomic E-state index is -0.594. The Balaban J connectivity index is 2.09. The molecule has 102 valence electrons. The quantitative estimate of drug-likeness (QED) is 0.912. The molecule has 0 amide bonds. The summed E-state index contributed by atoms with van der Waals surface area (Å²) in [5.74, 6) is 2.99. The standard InChI is InChI=1S/C14H24N2OS/c1-4-6-16-7-5-15-12(16)8-14(17)9-13(2,3)10-18-11-14/h5,7,17H,4,6,8-11H2,1-3H3. The van der Waals surface area contributed by atoms with E-state index in [0.29, 0.717) is 6.42 Å². The molecule has 1 aliphatic heterocycles. The molecular formula is C14H24N2OS. The second-order valence-electron chi connectivity index (χ2n) is 6.27. The third-order valence-corrected chi connectivity index (χ3v) is 5.15. The Morgan fingerprint density at radius 2 is 2.22 bits per heavy atom.